The Kier molecular flexibility index (Phi) is 6.54. The number of nitrogens with zero attached hydrogens (tertiary/aromatic N) is 3. The van der Waals surface area contributed by atoms with Gasteiger partial charge in [-0.05, 0) is 90.5 Å². The number of ether oxygens (including phenoxy) is 1. The van der Waals surface area contributed by atoms with Crippen molar-refractivity contribution in [1.29, 1.82) is 0 Å². The summed E-state index contributed by atoms with van der Waals surface area (Å²) in [5, 5.41) is 10.7. The van der Waals surface area contributed by atoms with Crippen molar-refractivity contribution in [3.8, 4) is 0 Å². The molecule has 2 amide bonds. The second kappa shape index (κ2) is 8.71. The Bertz CT molecular complexity index is 1180. The van der Waals surface area contributed by atoms with Crippen LogP contribution in [0.25, 0.3) is 10.9 Å². The van der Waals surface area contributed by atoms with E-state index < -0.39 is 29.6 Å². The van der Waals surface area contributed by atoms with Gasteiger partial charge in [0.15, 0.2) is 5.82 Å². The number of fused-ring (bicyclic) bond motifs is 2. The Morgan fingerprint density at radius 3 is 2.64 bits per heavy atom. The fourth-order valence-corrected chi connectivity index (χ4v) is 6.73. The number of carboxylic acid groups (broad SMARTS) is 1. The molecule has 1 N–H and O–H groups in total. The number of halogens is 3. The third-order valence-electron chi connectivity index (χ3n) is 6.05. The number of anilines is 1. The van der Waals surface area contributed by atoms with E-state index in [1.807, 2.05) is 12.3 Å². The summed E-state index contributed by atoms with van der Waals surface area (Å²) in [4.78, 5) is 32.9. The molecule has 1 aromatic carbocycles. The van der Waals surface area contributed by atoms with Crippen molar-refractivity contribution in [2.75, 3.05) is 17.7 Å². The number of hydrogen-bond acceptors (Lipinski definition) is 5. The lowest BCUT2D eigenvalue weighted by atomic mass is 9.78. The molecule has 11 heteroatoms. The Labute approximate surface area is 217 Å². The standard InChI is InChI=1S/C22H24BrFIN3O4S/c1-9-6-11-16(14(24)13(9)23)26-19(33-5)15(25)18(11)28(21(31)32-22(2,3)4)17-10-7-12(17)27(8-10)20(29)30/h6,10,12,17H,7-8H2,1-5H3,(H,29,30)/t10-,12-,17+/m1/s1. The van der Waals surface area contributed by atoms with Crippen LogP contribution in [-0.4, -0.2) is 57.7 Å². The van der Waals surface area contributed by atoms with Crippen LogP contribution in [0.2, 0.25) is 0 Å². The summed E-state index contributed by atoms with van der Waals surface area (Å²) in [6, 6.07) is 1.08. The van der Waals surface area contributed by atoms with E-state index in [-0.39, 0.29) is 17.5 Å². The average molecular weight is 652 g/mol. The first-order valence-corrected chi connectivity index (χ1v) is 13.5. The van der Waals surface area contributed by atoms with Gasteiger partial charge in [-0.15, -0.1) is 11.8 Å². The minimum absolute atomic E-state index is 0.0169. The SMILES string of the molecule is CSc1nc2c(F)c(Br)c(C)cc2c(N(C(=O)OC(C)(C)C)[C@H]2[C@@H]3C[C@H]2N(C(=O)O)C3)c1I. The van der Waals surface area contributed by atoms with Gasteiger partial charge in [-0.25, -0.2) is 19.0 Å². The van der Waals surface area contributed by atoms with Crippen LogP contribution in [-0.2, 0) is 4.74 Å². The summed E-state index contributed by atoms with van der Waals surface area (Å²) >= 11 is 6.80. The van der Waals surface area contributed by atoms with E-state index in [9.17, 15) is 14.7 Å². The summed E-state index contributed by atoms with van der Waals surface area (Å²) in [5.41, 5.74) is 0.581. The van der Waals surface area contributed by atoms with Crippen molar-refractivity contribution in [1.82, 2.24) is 9.88 Å². The number of aryl methyl sites for hydroxylation is 1. The molecule has 1 saturated carbocycles. The largest absolute Gasteiger partial charge is 0.465 e. The Hall–Kier alpha value is -1.34. The van der Waals surface area contributed by atoms with Crippen LogP contribution >= 0.6 is 50.3 Å². The van der Waals surface area contributed by atoms with Crippen molar-refractivity contribution in [2.24, 2.45) is 5.92 Å². The zero-order chi connectivity index (χ0) is 24.4. The van der Waals surface area contributed by atoms with Crippen molar-refractivity contribution in [3.05, 3.63) is 25.5 Å². The molecular weight excluding hydrogens is 628 g/mol. The van der Waals surface area contributed by atoms with Crippen molar-refractivity contribution in [2.45, 2.75) is 56.8 Å². The summed E-state index contributed by atoms with van der Waals surface area (Å²) in [5.74, 6) is -0.511. The van der Waals surface area contributed by atoms with E-state index in [0.717, 1.165) is 0 Å². The van der Waals surface area contributed by atoms with Crippen molar-refractivity contribution in [3.63, 3.8) is 0 Å². The molecule has 0 radical (unpaired) electrons. The number of rotatable bonds is 3. The van der Waals surface area contributed by atoms with Crippen molar-refractivity contribution >= 4 is 79.1 Å². The molecule has 2 aromatic rings. The molecular formula is C22H24BrFIN3O4S. The zero-order valence-electron chi connectivity index (χ0n) is 18.8. The van der Waals surface area contributed by atoms with Gasteiger partial charge >= 0.3 is 12.2 Å². The van der Waals surface area contributed by atoms with E-state index >= 15 is 4.39 Å². The first-order chi connectivity index (χ1) is 15.4. The molecule has 0 unspecified atom stereocenters. The molecule has 3 atom stereocenters. The molecule has 0 spiro atoms. The van der Waals surface area contributed by atoms with Crippen LogP contribution in [0.5, 0.6) is 0 Å². The van der Waals surface area contributed by atoms with E-state index in [2.05, 4.69) is 43.5 Å². The minimum atomic E-state index is -1.00. The molecule has 5 rings (SSSR count). The normalized spacial score (nSPS) is 21.8. The van der Waals surface area contributed by atoms with Crippen LogP contribution < -0.4 is 4.90 Å². The Morgan fingerprint density at radius 1 is 1.42 bits per heavy atom. The van der Waals surface area contributed by atoms with E-state index in [1.54, 1.807) is 32.6 Å². The third kappa shape index (κ3) is 4.18. The highest BCUT2D eigenvalue weighted by Crippen LogP contribution is 2.49. The summed E-state index contributed by atoms with van der Waals surface area (Å²) < 4.78 is 22.1. The molecule has 2 aliphatic heterocycles. The first-order valence-electron chi connectivity index (χ1n) is 10.4. The number of amides is 2. The second-order valence-corrected chi connectivity index (χ2v) is 12.0. The quantitative estimate of drug-likeness (QED) is 0.312. The lowest BCUT2D eigenvalue weighted by molar-refractivity contribution is 0.0517. The summed E-state index contributed by atoms with van der Waals surface area (Å²) in [6.07, 6.45) is 0.953. The van der Waals surface area contributed by atoms with E-state index in [1.165, 1.54) is 16.7 Å². The van der Waals surface area contributed by atoms with Crippen LogP contribution in [0.1, 0.15) is 32.8 Å². The fraction of sp³-hybridized carbons (Fsp3) is 0.500. The van der Waals surface area contributed by atoms with Crippen LogP contribution in [0.3, 0.4) is 0 Å². The zero-order valence-corrected chi connectivity index (χ0v) is 23.3. The summed E-state index contributed by atoms with van der Waals surface area (Å²) in [7, 11) is 0. The highest BCUT2D eigenvalue weighted by Gasteiger charge is 2.58. The number of carbonyl (C=O) groups is 2. The number of benzene rings is 1. The highest BCUT2D eigenvalue weighted by molar-refractivity contribution is 14.1. The maximum absolute atomic E-state index is 15.3. The summed E-state index contributed by atoms with van der Waals surface area (Å²) in [6.45, 7) is 7.49. The predicted octanol–water partition coefficient (Wildman–Crippen LogP) is 6.26. The molecule has 3 heterocycles. The van der Waals surface area contributed by atoms with Gasteiger partial charge < -0.3 is 14.7 Å². The third-order valence-corrected chi connectivity index (χ3v) is 9.09. The van der Waals surface area contributed by atoms with Crippen LogP contribution in [0, 0.1) is 22.2 Å². The maximum Gasteiger partial charge on any atom is 0.415 e. The van der Waals surface area contributed by atoms with Gasteiger partial charge in [0.25, 0.3) is 0 Å². The molecule has 7 nitrogen and oxygen atoms in total. The molecule has 2 bridgehead atoms. The molecule has 1 aromatic heterocycles. The van der Waals surface area contributed by atoms with Crippen LogP contribution in [0.4, 0.5) is 19.7 Å². The molecule has 33 heavy (non-hydrogen) atoms. The number of hydrogen-bond donors (Lipinski definition) is 1. The smallest absolute Gasteiger partial charge is 0.415 e. The first kappa shape index (κ1) is 24.8. The Balaban J connectivity index is 1.98. The number of aromatic nitrogens is 1. The van der Waals surface area contributed by atoms with Gasteiger partial charge in [-0.3, -0.25) is 4.90 Å². The van der Waals surface area contributed by atoms with Crippen molar-refractivity contribution < 1.29 is 23.8 Å². The highest BCUT2D eigenvalue weighted by atomic mass is 127. The van der Waals surface area contributed by atoms with Gasteiger partial charge in [0.2, 0.25) is 0 Å². The second-order valence-electron chi connectivity index (χ2n) is 9.34. The predicted molar refractivity (Wildman–Crippen MR) is 138 cm³/mol. The maximum atomic E-state index is 15.3. The topological polar surface area (TPSA) is 83.0 Å². The van der Waals surface area contributed by atoms with E-state index in [4.69, 9.17) is 4.74 Å². The number of pyridine rings is 1. The monoisotopic (exact) mass is 651 g/mol. The van der Waals surface area contributed by atoms with Gasteiger partial charge in [-0.2, -0.15) is 0 Å². The number of carbonyl (C=O) groups excluding carboxylic acids is 1. The lowest BCUT2D eigenvalue weighted by Gasteiger charge is -2.44. The minimum Gasteiger partial charge on any atom is -0.465 e. The molecule has 1 aliphatic carbocycles. The van der Waals surface area contributed by atoms with Gasteiger partial charge in [0, 0.05) is 17.8 Å². The fourth-order valence-electron chi connectivity index (χ4n) is 4.64. The average Bonchev–Trinajstić information content (AvgIpc) is 3.30. The molecule has 2 saturated heterocycles. The molecule has 3 aliphatic rings. The number of thioether (sulfide) groups is 1. The van der Waals surface area contributed by atoms with Gasteiger partial charge in [-0.1, -0.05) is 0 Å². The van der Waals surface area contributed by atoms with Gasteiger partial charge in [0.05, 0.1) is 25.8 Å². The lowest BCUT2D eigenvalue weighted by Crippen LogP contribution is -2.58. The molecule has 3 fully saturated rings. The van der Waals surface area contributed by atoms with Gasteiger partial charge in [0.1, 0.15) is 16.1 Å². The molecule has 178 valence electrons. The Morgan fingerprint density at radius 2 is 2.09 bits per heavy atom. The van der Waals surface area contributed by atoms with E-state index in [0.29, 0.717) is 42.7 Å². The van der Waals surface area contributed by atoms with Crippen LogP contribution in [0.15, 0.2) is 15.6 Å².